The number of halogens is 3. The first-order valence-corrected chi connectivity index (χ1v) is 8.14. The molecular weight excluding hydrogens is 373 g/mol. The van der Waals surface area contributed by atoms with Crippen molar-refractivity contribution in [3.8, 4) is 0 Å². The second-order valence-corrected chi connectivity index (χ2v) is 6.53. The molecule has 2 rings (SSSR count). The molecule has 21 heavy (non-hydrogen) atoms. The van der Waals surface area contributed by atoms with E-state index in [0.717, 1.165) is 10.0 Å². The second-order valence-electron chi connectivity index (χ2n) is 4.83. The Morgan fingerprint density at radius 2 is 1.86 bits per heavy atom. The molecule has 1 unspecified atom stereocenters. The fraction of sp³-hybridized carbons (Fsp3) is 0.250. The molecule has 2 atom stereocenters. The van der Waals surface area contributed by atoms with E-state index in [1.807, 2.05) is 31.2 Å². The van der Waals surface area contributed by atoms with Crippen molar-refractivity contribution in [2.45, 2.75) is 19.1 Å². The zero-order valence-electron chi connectivity index (χ0n) is 11.5. The van der Waals surface area contributed by atoms with Crippen molar-refractivity contribution in [1.29, 1.82) is 0 Å². The lowest BCUT2D eigenvalue weighted by molar-refractivity contribution is 0.171. The van der Waals surface area contributed by atoms with E-state index in [0.29, 0.717) is 22.2 Å². The van der Waals surface area contributed by atoms with E-state index in [9.17, 15) is 5.11 Å². The topological polar surface area (TPSA) is 32.3 Å². The molecule has 2 N–H and O–H groups in total. The normalized spacial score (nSPS) is 14.0. The zero-order valence-corrected chi connectivity index (χ0v) is 14.6. The van der Waals surface area contributed by atoms with Gasteiger partial charge in [-0.15, -0.1) is 0 Å². The number of nitrogens with one attached hydrogen (secondary N) is 1. The van der Waals surface area contributed by atoms with Gasteiger partial charge in [0, 0.05) is 32.7 Å². The number of benzene rings is 2. The Kier molecular flexibility index (Phi) is 6.08. The minimum atomic E-state index is -0.707. The molecule has 0 saturated carbocycles. The van der Waals surface area contributed by atoms with Gasteiger partial charge in [0.25, 0.3) is 0 Å². The smallest absolute Gasteiger partial charge is 0.0929 e. The summed E-state index contributed by atoms with van der Waals surface area (Å²) in [6.45, 7) is 2.44. The van der Waals surface area contributed by atoms with Gasteiger partial charge in [0.1, 0.15) is 0 Å². The Morgan fingerprint density at radius 3 is 2.57 bits per heavy atom. The average Bonchev–Trinajstić information content (AvgIpc) is 2.47. The van der Waals surface area contributed by atoms with Gasteiger partial charge < -0.3 is 10.4 Å². The highest BCUT2D eigenvalue weighted by Crippen LogP contribution is 2.27. The largest absolute Gasteiger partial charge is 0.387 e. The van der Waals surface area contributed by atoms with Crippen molar-refractivity contribution >= 4 is 39.1 Å². The maximum atomic E-state index is 10.3. The fourth-order valence-electron chi connectivity index (χ4n) is 2.10. The van der Waals surface area contributed by atoms with Crippen molar-refractivity contribution in [2.24, 2.45) is 0 Å². The minimum absolute atomic E-state index is 0.105. The third-order valence-electron chi connectivity index (χ3n) is 3.31. The Morgan fingerprint density at radius 1 is 1.14 bits per heavy atom. The Balaban J connectivity index is 2.02. The molecule has 5 heteroatoms. The van der Waals surface area contributed by atoms with Crippen LogP contribution in [0.1, 0.15) is 30.2 Å². The number of aliphatic hydroxyl groups excluding tert-OH is 1. The Hall–Kier alpha value is -0.580. The summed E-state index contributed by atoms with van der Waals surface area (Å²) in [6.07, 6.45) is -0.707. The molecular formula is C16H16BrCl2NO. The Labute approximate surface area is 143 Å². The van der Waals surface area contributed by atoms with Crippen molar-refractivity contribution in [2.75, 3.05) is 6.54 Å². The monoisotopic (exact) mass is 387 g/mol. The maximum Gasteiger partial charge on any atom is 0.0929 e. The van der Waals surface area contributed by atoms with E-state index in [1.165, 1.54) is 0 Å². The van der Waals surface area contributed by atoms with Crippen molar-refractivity contribution in [3.05, 3.63) is 68.1 Å². The van der Waals surface area contributed by atoms with Crippen LogP contribution in [0.15, 0.2) is 46.9 Å². The molecule has 2 nitrogen and oxygen atoms in total. The van der Waals surface area contributed by atoms with E-state index >= 15 is 0 Å². The molecule has 0 radical (unpaired) electrons. The first-order chi connectivity index (χ1) is 9.99. The third kappa shape index (κ3) is 4.44. The maximum absolute atomic E-state index is 10.3. The average molecular weight is 389 g/mol. The number of aliphatic hydroxyl groups is 1. The number of rotatable bonds is 5. The van der Waals surface area contributed by atoms with Gasteiger partial charge in [0.05, 0.1) is 6.10 Å². The lowest BCUT2D eigenvalue weighted by atomic mass is 10.1. The van der Waals surface area contributed by atoms with Crippen LogP contribution in [0.3, 0.4) is 0 Å². The lowest BCUT2D eigenvalue weighted by Crippen LogP contribution is -2.25. The summed E-state index contributed by atoms with van der Waals surface area (Å²) < 4.78 is 1.04. The minimum Gasteiger partial charge on any atom is -0.387 e. The van der Waals surface area contributed by atoms with Crippen molar-refractivity contribution in [3.63, 3.8) is 0 Å². The van der Waals surface area contributed by atoms with Gasteiger partial charge in [0.15, 0.2) is 0 Å². The molecule has 0 saturated heterocycles. The van der Waals surface area contributed by atoms with Crippen LogP contribution < -0.4 is 5.32 Å². The van der Waals surface area contributed by atoms with Gasteiger partial charge in [-0.2, -0.15) is 0 Å². The summed E-state index contributed by atoms with van der Waals surface area (Å²) >= 11 is 15.6. The number of hydrogen-bond acceptors (Lipinski definition) is 2. The molecule has 0 amide bonds. The van der Waals surface area contributed by atoms with Gasteiger partial charge in [0.2, 0.25) is 0 Å². The summed E-state index contributed by atoms with van der Waals surface area (Å²) in [7, 11) is 0. The summed E-state index contributed by atoms with van der Waals surface area (Å²) in [6, 6.07) is 13.2. The zero-order chi connectivity index (χ0) is 15.4. The molecule has 0 aliphatic rings. The molecule has 0 spiro atoms. The highest BCUT2D eigenvalue weighted by Gasteiger charge is 2.15. The van der Waals surface area contributed by atoms with Crippen molar-refractivity contribution < 1.29 is 5.11 Å². The Bertz CT molecular complexity index is 621. The molecule has 0 aromatic heterocycles. The van der Waals surface area contributed by atoms with Gasteiger partial charge in [-0.1, -0.05) is 57.3 Å². The van der Waals surface area contributed by atoms with Gasteiger partial charge in [-0.05, 0) is 36.8 Å². The molecule has 112 valence electrons. The summed E-state index contributed by atoms with van der Waals surface area (Å²) in [5, 5.41) is 14.7. The van der Waals surface area contributed by atoms with Gasteiger partial charge >= 0.3 is 0 Å². The van der Waals surface area contributed by atoms with Gasteiger partial charge in [-0.25, -0.2) is 0 Å². The van der Waals surface area contributed by atoms with Crippen LogP contribution in [0.5, 0.6) is 0 Å². The van der Waals surface area contributed by atoms with E-state index < -0.39 is 6.10 Å². The standard InChI is InChI=1S/C16H16BrCl2NO/c1-10(12-4-2-3-5-14(12)17)20-9-16(21)13-8-11(18)6-7-15(13)19/h2-8,10,16,20-21H,9H2,1H3/t10-,16?/m1/s1. The fourth-order valence-corrected chi connectivity index (χ4v) is 3.16. The van der Waals surface area contributed by atoms with E-state index in [-0.39, 0.29) is 6.04 Å². The first kappa shape index (κ1) is 16.8. The molecule has 2 aromatic carbocycles. The van der Waals surface area contributed by atoms with Crippen molar-refractivity contribution in [1.82, 2.24) is 5.32 Å². The van der Waals surface area contributed by atoms with E-state index in [4.69, 9.17) is 23.2 Å². The van der Waals surface area contributed by atoms with E-state index in [2.05, 4.69) is 21.2 Å². The predicted molar refractivity (Wildman–Crippen MR) is 92.0 cm³/mol. The highest BCUT2D eigenvalue weighted by molar-refractivity contribution is 9.10. The van der Waals surface area contributed by atoms with Gasteiger partial charge in [-0.3, -0.25) is 0 Å². The summed E-state index contributed by atoms with van der Waals surface area (Å²) in [5.74, 6) is 0. The van der Waals surface area contributed by atoms with Crippen LogP contribution in [0.4, 0.5) is 0 Å². The molecule has 0 aliphatic heterocycles. The quantitative estimate of drug-likeness (QED) is 0.743. The van der Waals surface area contributed by atoms with Crippen LogP contribution in [-0.4, -0.2) is 11.7 Å². The third-order valence-corrected chi connectivity index (χ3v) is 4.61. The first-order valence-electron chi connectivity index (χ1n) is 6.60. The highest BCUT2D eigenvalue weighted by atomic mass is 79.9. The van der Waals surface area contributed by atoms with Crippen LogP contribution in [0.25, 0.3) is 0 Å². The van der Waals surface area contributed by atoms with Crippen LogP contribution in [0.2, 0.25) is 10.0 Å². The lowest BCUT2D eigenvalue weighted by Gasteiger charge is -2.19. The summed E-state index contributed by atoms with van der Waals surface area (Å²) in [4.78, 5) is 0. The molecule has 2 aromatic rings. The summed E-state index contributed by atoms with van der Waals surface area (Å²) in [5.41, 5.74) is 1.78. The predicted octanol–water partition coefficient (Wildman–Crippen LogP) is 5.14. The second kappa shape index (κ2) is 7.61. The molecule has 0 aliphatic carbocycles. The SMILES string of the molecule is C[C@@H](NCC(O)c1cc(Cl)ccc1Cl)c1ccccc1Br. The van der Waals surface area contributed by atoms with Crippen LogP contribution in [0, 0.1) is 0 Å². The van der Waals surface area contributed by atoms with E-state index in [1.54, 1.807) is 18.2 Å². The molecule has 0 bridgehead atoms. The molecule has 0 heterocycles. The molecule has 0 fully saturated rings. The van der Waals surface area contributed by atoms with Crippen LogP contribution >= 0.6 is 39.1 Å². The van der Waals surface area contributed by atoms with Crippen LogP contribution in [-0.2, 0) is 0 Å². The number of hydrogen-bond donors (Lipinski definition) is 2.